The van der Waals surface area contributed by atoms with Crippen molar-refractivity contribution in [1.29, 1.82) is 0 Å². The third kappa shape index (κ3) is 4.71. The molecule has 1 unspecified atom stereocenters. The first kappa shape index (κ1) is 22.0. The van der Waals surface area contributed by atoms with Gasteiger partial charge >= 0.3 is 5.97 Å². The first-order chi connectivity index (χ1) is 14.3. The van der Waals surface area contributed by atoms with Gasteiger partial charge in [-0.05, 0) is 68.0 Å². The van der Waals surface area contributed by atoms with Crippen LogP contribution in [0.5, 0.6) is 0 Å². The largest absolute Gasteiger partial charge is 0.463 e. The summed E-state index contributed by atoms with van der Waals surface area (Å²) in [5.41, 5.74) is 3.18. The number of thiocarbonyl (C=S) groups is 1. The smallest absolute Gasteiger partial charge is 0.338 e. The number of amides is 1. The maximum atomic E-state index is 12.7. The second-order valence-corrected chi connectivity index (χ2v) is 8.05. The molecule has 0 radical (unpaired) electrons. The fourth-order valence-electron chi connectivity index (χ4n) is 3.16. The predicted octanol–water partition coefficient (Wildman–Crippen LogP) is 4.40. The molecule has 0 aromatic heterocycles. The van der Waals surface area contributed by atoms with E-state index in [0.29, 0.717) is 21.9 Å². The van der Waals surface area contributed by atoms with Crippen molar-refractivity contribution >= 4 is 50.8 Å². The Labute approximate surface area is 189 Å². The van der Waals surface area contributed by atoms with Gasteiger partial charge in [-0.3, -0.25) is 4.79 Å². The van der Waals surface area contributed by atoms with Crippen molar-refractivity contribution in [2.75, 3.05) is 19.0 Å². The van der Waals surface area contributed by atoms with E-state index in [2.05, 4.69) is 26.6 Å². The third-order valence-electron chi connectivity index (χ3n) is 4.83. The second-order valence-electron chi connectivity index (χ2n) is 6.75. The number of nitrogens with one attached hydrogen (secondary N) is 2. The van der Waals surface area contributed by atoms with E-state index in [1.54, 1.807) is 37.1 Å². The molecule has 0 aliphatic carbocycles. The maximum absolute atomic E-state index is 12.7. The lowest BCUT2D eigenvalue weighted by molar-refractivity contribution is -0.139. The Bertz CT molecular complexity index is 1020. The number of nitrogens with zero attached hydrogens (tertiary/aromatic N) is 1. The monoisotopic (exact) mass is 487 g/mol. The number of carbonyl (C=O) groups excluding carboxylic acids is 2. The minimum absolute atomic E-state index is 0.219. The normalized spacial score (nSPS) is 16.2. The molecule has 0 saturated carbocycles. The van der Waals surface area contributed by atoms with E-state index in [4.69, 9.17) is 17.0 Å². The highest BCUT2D eigenvalue weighted by Crippen LogP contribution is 2.32. The SMILES string of the molecule is CCOC(=O)C1=C(C)N(C)C(=S)NC1c1cccc(NC(=O)c2ccc(Br)cc2)c1. The lowest BCUT2D eigenvalue weighted by Gasteiger charge is -2.35. The molecule has 2 aromatic rings. The Morgan fingerprint density at radius 3 is 2.60 bits per heavy atom. The van der Waals surface area contributed by atoms with Gasteiger partial charge in [-0.1, -0.05) is 28.1 Å². The molecule has 0 saturated heterocycles. The summed E-state index contributed by atoms with van der Waals surface area (Å²) in [6.07, 6.45) is 0. The molecule has 2 aromatic carbocycles. The van der Waals surface area contributed by atoms with Crippen molar-refractivity contribution in [3.63, 3.8) is 0 Å². The highest BCUT2D eigenvalue weighted by atomic mass is 79.9. The molecular weight excluding hydrogens is 466 g/mol. The van der Waals surface area contributed by atoms with Crippen LogP contribution in [0.25, 0.3) is 0 Å². The molecule has 6 nitrogen and oxygen atoms in total. The molecule has 1 amide bonds. The Hall–Kier alpha value is -2.71. The first-order valence-electron chi connectivity index (χ1n) is 9.40. The fourth-order valence-corrected chi connectivity index (χ4v) is 3.68. The summed E-state index contributed by atoms with van der Waals surface area (Å²) in [5.74, 6) is -0.616. The number of ether oxygens (including phenoxy) is 1. The van der Waals surface area contributed by atoms with Crippen LogP contribution in [0, 0.1) is 0 Å². The van der Waals surface area contributed by atoms with Crippen LogP contribution in [0.2, 0.25) is 0 Å². The van der Waals surface area contributed by atoms with E-state index in [-0.39, 0.29) is 12.5 Å². The van der Waals surface area contributed by atoms with Gasteiger partial charge in [0.05, 0.1) is 18.2 Å². The summed E-state index contributed by atoms with van der Waals surface area (Å²) < 4.78 is 6.17. The summed E-state index contributed by atoms with van der Waals surface area (Å²) in [6, 6.07) is 14.0. The molecule has 156 valence electrons. The zero-order valence-corrected chi connectivity index (χ0v) is 19.3. The van der Waals surface area contributed by atoms with Crippen molar-refractivity contribution in [3.05, 3.63) is 75.4 Å². The molecule has 30 heavy (non-hydrogen) atoms. The molecule has 1 aliphatic heterocycles. The molecule has 8 heteroatoms. The number of carbonyl (C=O) groups is 2. The minimum Gasteiger partial charge on any atom is -0.463 e. The van der Waals surface area contributed by atoms with E-state index < -0.39 is 12.0 Å². The Morgan fingerprint density at radius 1 is 1.23 bits per heavy atom. The van der Waals surface area contributed by atoms with E-state index in [1.165, 1.54) is 0 Å². The Kier molecular flexibility index (Phi) is 6.89. The number of halogens is 1. The fraction of sp³-hybridized carbons (Fsp3) is 0.227. The molecule has 1 heterocycles. The second kappa shape index (κ2) is 9.40. The van der Waals surface area contributed by atoms with Gasteiger partial charge in [-0.15, -0.1) is 0 Å². The van der Waals surface area contributed by atoms with Gasteiger partial charge < -0.3 is 20.3 Å². The zero-order valence-electron chi connectivity index (χ0n) is 16.9. The van der Waals surface area contributed by atoms with E-state index in [1.807, 2.05) is 37.3 Å². The number of rotatable bonds is 5. The van der Waals surface area contributed by atoms with E-state index in [0.717, 1.165) is 15.7 Å². The molecular formula is C22H22BrN3O3S. The Balaban J connectivity index is 1.91. The number of benzene rings is 2. The molecule has 1 aliphatic rings. The third-order valence-corrected chi connectivity index (χ3v) is 5.75. The zero-order chi connectivity index (χ0) is 21.8. The van der Waals surface area contributed by atoms with Gasteiger partial charge in [0.1, 0.15) is 0 Å². The van der Waals surface area contributed by atoms with Gasteiger partial charge in [0.2, 0.25) is 0 Å². The van der Waals surface area contributed by atoms with Gasteiger partial charge in [-0.25, -0.2) is 4.79 Å². The predicted molar refractivity (Wildman–Crippen MR) is 124 cm³/mol. The molecule has 0 bridgehead atoms. The van der Waals surface area contributed by atoms with Crippen LogP contribution in [-0.4, -0.2) is 35.5 Å². The number of anilines is 1. The summed E-state index contributed by atoms with van der Waals surface area (Å²) in [4.78, 5) is 27.0. The number of hydrogen-bond donors (Lipinski definition) is 2. The molecule has 3 rings (SSSR count). The van der Waals surface area contributed by atoms with Crippen molar-refractivity contribution in [2.24, 2.45) is 0 Å². The van der Waals surface area contributed by atoms with Gasteiger partial charge in [-0.2, -0.15) is 0 Å². The van der Waals surface area contributed by atoms with Crippen LogP contribution < -0.4 is 10.6 Å². The van der Waals surface area contributed by atoms with E-state index >= 15 is 0 Å². The van der Waals surface area contributed by atoms with Gasteiger partial charge in [0.25, 0.3) is 5.91 Å². The molecule has 2 N–H and O–H groups in total. The summed E-state index contributed by atoms with van der Waals surface area (Å²) in [6.45, 7) is 3.89. The average molecular weight is 488 g/mol. The van der Waals surface area contributed by atoms with Crippen LogP contribution in [-0.2, 0) is 9.53 Å². The van der Waals surface area contributed by atoms with Crippen LogP contribution in [0.4, 0.5) is 5.69 Å². The van der Waals surface area contributed by atoms with Crippen LogP contribution in [0.1, 0.15) is 35.8 Å². The van der Waals surface area contributed by atoms with Crippen LogP contribution in [0.3, 0.4) is 0 Å². The summed E-state index contributed by atoms with van der Waals surface area (Å²) in [5, 5.41) is 6.61. The molecule has 0 spiro atoms. The Morgan fingerprint density at radius 2 is 1.93 bits per heavy atom. The molecule has 0 fully saturated rings. The topological polar surface area (TPSA) is 70.7 Å². The standard InChI is InChI=1S/C22H22BrN3O3S/c1-4-29-21(28)18-13(2)26(3)22(30)25-19(18)15-6-5-7-17(12-15)24-20(27)14-8-10-16(23)11-9-14/h5-12,19H,4H2,1-3H3,(H,24,27)(H,25,30). The summed E-state index contributed by atoms with van der Waals surface area (Å²) >= 11 is 8.78. The van der Waals surface area contributed by atoms with Crippen LogP contribution >= 0.6 is 28.1 Å². The van der Waals surface area contributed by atoms with Gasteiger partial charge in [0, 0.05) is 28.5 Å². The maximum Gasteiger partial charge on any atom is 0.338 e. The number of allylic oxidation sites excluding steroid dienone is 1. The minimum atomic E-state index is -0.475. The highest BCUT2D eigenvalue weighted by molar-refractivity contribution is 9.10. The average Bonchev–Trinajstić information content (AvgIpc) is 2.72. The number of esters is 1. The number of hydrogen-bond acceptors (Lipinski definition) is 4. The first-order valence-corrected chi connectivity index (χ1v) is 10.6. The van der Waals surface area contributed by atoms with Crippen molar-refractivity contribution < 1.29 is 14.3 Å². The van der Waals surface area contributed by atoms with Crippen LogP contribution in [0.15, 0.2) is 64.3 Å². The lowest BCUT2D eigenvalue weighted by Crippen LogP contribution is -2.46. The molecule has 1 atom stereocenters. The lowest BCUT2D eigenvalue weighted by atomic mass is 9.95. The highest BCUT2D eigenvalue weighted by Gasteiger charge is 2.33. The van der Waals surface area contributed by atoms with Crippen molar-refractivity contribution in [3.8, 4) is 0 Å². The quantitative estimate of drug-likeness (QED) is 0.481. The van der Waals surface area contributed by atoms with Crippen molar-refractivity contribution in [1.82, 2.24) is 10.2 Å². The van der Waals surface area contributed by atoms with E-state index in [9.17, 15) is 9.59 Å². The van der Waals surface area contributed by atoms with Gasteiger partial charge in [0.15, 0.2) is 5.11 Å². The summed E-state index contributed by atoms with van der Waals surface area (Å²) in [7, 11) is 1.80. The van der Waals surface area contributed by atoms with Crippen molar-refractivity contribution in [2.45, 2.75) is 19.9 Å².